The van der Waals surface area contributed by atoms with Crippen LogP contribution in [-0.2, 0) is 11.2 Å². The normalized spacial score (nSPS) is 22.6. The Kier molecular flexibility index (Phi) is 9.14. The van der Waals surface area contributed by atoms with E-state index in [1.807, 2.05) is 19.0 Å². The highest BCUT2D eigenvalue weighted by molar-refractivity contribution is 6.07. The summed E-state index contributed by atoms with van der Waals surface area (Å²) in [5, 5.41) is 6.33. The Balaban J connectivity index is 0.00000196. The SMILES string of the molecule is CN(C)CCN1C(=O)NC(Cc2ccc(F)cc2)(C2CCNCC2)C1=O.Cl.Cl. The Morgan fingerprint density at radius 1 is 1.14 bits per heavy atom. The van der Waals surface area contributed by atoms with Crippen LogP contribution in [0.4, 0.5) is 9.18 Å². The van der Waals surface area contributed by atoms with Crippen molar-refractivity contribution in [2.45, 2.75) is 24.8 Å². The summed E-state index contributed by atoms with van der Waals surface area (Å²) in [6, 6.07) is 5.87. The summed E-state index contributed by atoms with van der Waals surface area (Å²) in [4.78, 5) is 29.2. The molecule has 1 unspecified atom stereocenters. The van der Waals surface area contributed by atoms with Gasteiger partial charge in [0, 0.05) is 19.5 Å². The molecule has 28 heavy (non-hydrogen) atoms. The zero-order valence-corrected chi connectivity index (χ0v) is 17.9. The van der Waals surface area contributed by atoms with E-state index in [4.69, 9.17) is 0 Å². The molecule has 2 aliphatic heterocycles. The van der Waals surface area contributed by atoms with Gasteiger partial charge in [-0.05, 0) is 63.6 Å². The monoisotopic (exact) mass is 434 g/mol. The van der Waals surface area contributed by atoms with Gasteiger partial charge >= 0.3 is 6.03 Å². The van der Waals surface area contributed by atoms with E-state index in [9.17, 15) is 14.0 Å². The first-order valence-corrected chi connectivity index (χ1v) is 9.16. The maximum absolute atomic E-state index is 13.4. The lowest BCUT2D eigenvalue weighted by Crippen LogP contribution is -2.57. The first kappa shape index (κ1) is 24.6. The van der Waals surface area contributed by atoms with Crippen LogP contribution < -0.4 is 10.6 Å². The van der Waals surface area contributed by atoms with Crippen LogP contribution >= 0.6 is 24.8 Å². The third kappa shape index (κ3) is 5.14. The van der Waals surface area contributed by atoms with Crippen molar-refractivity contribution in [1.82, 2.24) is 20.4 Å². The van der Waals surface area contributed by atoms with Gasteiger partial charge in [-0.3, -0.25) is 9.69 Å². The molecule has 0 bridgehead atoms. The predicted octanol–water partition coefficient (Wildman–Crippen LogP) is 2.06. The second kappa shape index (κ2) is 10.4. The van der Waals surface area contributed by atoms with E-state index in [1.165, 1.54) is 17.0 Å². The fourth-order valence-electron chi connectivity index (χ4n) is 3.93. The quantitative estimate of drug-likeness (QED) is 0.672. The number of nitrogens with zero attached hydrogens (tertiary/aromatic N) is 2. The topological polar surface area (TPSA) is 64.7 Å². The Bertz CT molecular complexity index is 668. The van der Waals surface area contributed by atoms with E-state index in [1.54, 1.807) is 12.1 Å². The number of hydrogen-bond acceptors (Lipinski definition) is 4. The van der Waals surface area contributed by atoms with E-state index >= 15 is 0 Å². The average Bonchev–Trinajstić information content (AvgIpc) is 2.87. The molecule has 0 radical (unpaired) electrons. The molecule has 3 rings (SSSR count). The van der Waals surface area contributed by atoms with Gasteiger partial charge in [0.1, 0.15) is 11.4 Å². The minimum atomic E-state index is -0.941. The number of amides is 3. The molecule has 1 aromatic rings. The van der Waals surface area contributed by atoms with Gasteiger partial charge in [-0.15, -0.1) is 24.8 Å². The summed E-state index contributed by atoms with van der Waals surface area (Å²) in [5.41, 5.74) is -0.0865. The van der Waals surface area contributed by atoms with E-state index in [-0.39, 0.29) is 48.5 Å². The lowest BCUT2D eigenvalue weighted by atomic mass is 9.74. The Morgan fingerprint density at radius 3 is 2.32 bits per heavy atom. The van der Waals surface area contributed by atoms with Crippen LogP contribution in [0.1, 0.15) is 18.4 Å². The van der Waals surface area contributed by atoms with Crippen LogP contribution in [0.5, 0.6) is 0 Å². The Morgan fingerprint density at radius 2 is 1.75 bits per heavy atom. The third-order valence-electron chi connectivity index (χ3n) is 5.41. The molecule has 158 valence electrons. The van der Waals surface area contributed by atoms with E-state index in [2.05, 4.69) is 10.6 Å². The van der Waals surface area contributed by atoms with Gasteiger partial charge in [0.15, 0.2) is 0 Å². The molecule has 0 saturated carbocycles. The molecule has 1 aromatic carbocycles. The maximum Gasteiger partial charge on any atom is 0.325 e. The number of rotatable bonds is 6. The van der Waals surface area contributed by atoms with Crippen molar-refractivity contribution in [2.24, 2.45) is 5.92 Å². The number of piperidine rings is 1. The van der Waals surface area contributed by atoms with Crippen LogP contribution in [0.2, 0.25) is 0 Å². The zero-order valence-electron chi connectivity index (χ0n) is 16.2. The number of benzene rings is 1. The van der Waals surface area contributed by atoms with Crippen molar-refractivity contribution in [3.8, 4) is 0 Å². The first-order chi connectivity index (χ1) is 12.4. The highest BCUT2D eigenvalue weighted by atomic mass is 35.5. The summed E-state index contributed by atoms with van der Waals surface area (Å²) in [6.07, 6.45) is 2.05. The van der Waals surface area contributed by atoms with Gasteiger partial charge in [-0.1, -0.05) is 12.1 Å². The number of carbonyl (C=O) groups is 2. The lowest BCUT2D eigenvalue weighted by molar-refractivity contribution is -0.133. The molecule has 1 atom stereocenters. The first-order valence-electron chi connectivity index (χ1n) is 9.16. The van der Waals surface area contributed by atoms with Gasteiger partial charge < -0.3 is 15.5 Å². The molecular weight excluding hydrogens is 406 g/mol. The summed E-state index contributed by atoms with van der Waals surface area (Å²) in [6.45, 7) is 2.65. The highest BCUT2D eigenvalue weighted by Crippen LogP contribution is 2.35. The minimum Gasteiger partial charge on any atom is -0.322 e. The number of hydrogen-bond donors (Lipinski definition) is 2. The Hall–Kier alpha value is -1.41. The predicted molar refractivity (Wildman–Crippen MR) is 112 cm³/mol. The van der Waals surface area contributed by atoms with Gasteiger partial charge in [0.05, 0.1) is 0 Å². The molecule has 0 spiro atoms. The molecule has 0 aliphatic carbocycles. The van der Waals surface area contributed by atoms with Crippen LogP contribution in [-0.4, -0.2) is 67.6 Å². The molecule has 2 N–H and O–H groups in total. The van der Waals surface area contributed by atoms with Crippen molar-refractivity contribution in [1.29, 1.82) is 0 Å². The molecular formula is C19H29Cl2FN4O2. The zero-order chi connectivity index (χ0) is 18.7. The average molecular weight is 435 g/mol. The number of likely N-dealkylation sites (N-methyl/N-ethyl adjacent to an activating group) is 1. The number of carbonyl (C=O) groups excluding carboxylic acids is 2. The standard InChI is InChI=1S/C19H27FN4O2.2ClH/c1-23(2)11-12-24-17(25)19(22-18(24)26,15-7-9-21-10-8-15)13-14-3-5-16(20)6-4-14;;/h3-6,15,21H,7-13H2,1-2H3,(H,22,26);2*1H. The van der Waals surface area contributed by atoms with E-state index in [0.717, 1.165) is 31.5 Å². The maximum atomic E-state index is 13.4. The van der Waals surface area contributed by atoms with Crippen LogP contribution in [0, 0.1) is 11.7 Å². The molecule has 2 heterocycles. The third-order valence-corrected chi connectivity index (χ3v) is 5.41. The second-order valence-electron chi connectivity index (χ2n) is 7.49. The van der Waals surface area contributed by atoms with Crippen LogP contribution in [0.15, 0.2) is 24.3 Å². The van der Waals surface area contributed by atoms with E-state index < -0.39 is 5.54 Å². The second-order valence-corrected chi connectivity index (χ2v) is 7.49. The van der Waals surface area contributed by atoms with Crippen molar-refractivity contribution >= 4 is 36.8 Å². The van der Waals surface area contributed by atoms with Crippen molar-refractivity contribution in [2.75, 3.05) is 40.3 Å². The summed E-state index contributed by atoms with van der Waals surface area (Å²) in [5.74, 6) is -0.394. The molecule has 6 nitrogen and oxygen atoms in total. The summed E-state index contributed by atoms with van der Waals surface area (Å²) in [7, 11) is 3.83. The molecule has 9 heteroatoms. The fourth-order valence-corrected chi connectivity index (χ4v) is 3.93. The minimum absolute atomic E-state index is 0. The number of halogens is 3. The Labute approximate surface area is 178 Å². The van der Waals surface area contributed by atoms with Gasteiger partial charge in [-0.2, -0.15) is 0 Å². The molecule has 2 aliphatic rings. The molecule has 3 amide bonds. The largest absolute Gasteiger partial charge is 0.325 e. The van der Waals surface area contributed by atoms with Crippen LogP contribution in [0.25, 0.3) is 0 Å². The van der Waals surface area contributed by atoms with Gasteiger partial charge in [0.25, 0.3) is 5.91 Å². The number of urea groups is 1. The summed E-state index contributed by atoms with van der Waals surface area (Å²) < 4.78 is 13.3. The molecule has 0 aromatic heterocycles. The van der Waals surface area contributed by atoms with Gasteiger partial charge in [-0.25, -0.2) is 9.18 Å². The van der Waals surface area contributed by atoms with Gasteiger partial charge in [0.2, 0.25) is 0 Å². The highest BCUT2D eigenvalue weighted by Gasteiger charge is 2.55. The van der Waals surface area contributed by atoms with Crippen LogP contribution in [0.3, 0.4) is 0 Å². The van der Waals surface area contributed by atoms with E-state index in [0.29, 0.717) is 19.5 Å². The molecule has 2 saturated heterocycles. The van der Waals surface area contributed by atoms with Crippen molar-refractivity contribution < 1.29 is 14.0 Å². The summed E-state index contributed by atoms with van der Waals surface area (Å²) >= 11 is 0. The number of nitrogens with one attached hydrogen (secondary N) is 2. The molecule has 2 fully saturated rings. The van der Waals surface area contributed by atoms with Crippen molar-refractivity contribution in [3.63, 3.8) is 0 Å². The van der Waals surface area contributed by atoms with Crippen molar-refractivity contribution in [3.05, 3.63) is 35.6 Å². The lowest BCUT2D eigenvalue weighted by Gasteiger charge is -2.38. The fraction of sp³-hybridized carbons (Fsp3) is 0.579. The smallest absolute Gasteiger partial charge is 0.322 e. The number of imide groups is 1.